The first-order valence-electron chi connectivity index (χ1n) is 11.7. The first kappa shape index (κ1) is 22.7. The number of fused-ring (bicyclic) bond motifs is 2. The molecule has 0 bridgehead atoms. The van der Waals surface area contributed by atoms with Crippen molar-refractivity contribution in [1.29, 1.82) is 0 Å². The summed E-state index contributed by atoms with van der Waals surface area (Å²) >= 11 is 0. The number of pyridine rings is 1. The molecule has 1 aromatic carbocycles. The SMILES string of the molecule is O=C(Cn1cnc2c(c1=O)NC(c1cnc(-c3ccccc3)o1)C(F)C2)NCc1cc2cnccc2[nH]1. The molecule has 186 valence electrons. The Balaban J connectivity index is 1.16. The zero-order chi connectivity index (χ0) is 25.4. The summed E-state index contributed by atoms with van der Waals surface area (Å²) in [7, 11) is 0. The van der Waals surface area contributed by atoms with E-state index in [1.54, 1.807) is 12.4 Å². The Kier molecular flexibility index (Phi) is 5.72. The van der Waals surface area contributed by atoms with Crippen LogP contribution in [0.4, 0.5) is 10.1 Å². The fourth-order valence-electron chi connectivity index (χ4n) is 4.41. The van der Waals surface area contributed by atoms with E-state index in [2.05, 4.69) is 30.6 Å². The first-order valence-corrected chi connectivity index (χ1v) is 11.7. The summed E-state index contributed by atoms with van der Waals surface area (Å²) in [6.45, 7) is 0.0342. The predicted octanol–water partition coefficient (Wildman–Crippen LogP) is 3.14. The summed E-state index contributed by atoms with van der Waals surface area (Å²) in [5.41, 5.74) is 2.49. The normalized spacial score (nSPS) is 16.8. The molecule has 0 radical (unpaired) electrons. The lowest BCUT2D eigenvalue weighted by Crippen LogP contribution is -2.38. The number of carbonyl (C=O) groups is 1. The van der Waals surface area contributed by atoms with Gasteiger partial charge in [0, 0.05) is 41.0 Å². The van der Waals surface area contributed by atoms with E-state index in [0.717, 1.165) is 22.2 Å². The van der Waals surface area contributed by atoms with Crippen LogP contribution in [0, 0.1) is 0 Å². The minimum atomic E-state index is -1.37. The van der Waals surface area contributed by atoms with Crippen LogP contribution in [0.2, 0.25) is 0 Å². The standard InChI is InChI=1S/C26H22FN7O3/c27-18-9-20-24(33-23(18)21-12-30-25(37-21)15-4-2-1-3-5-15)26(36)34(14-31-20)13-22(35)29-11-17-8-16-10-28-7-6-19(16)32-17/h1-8,10,12,14,18,23,32-33H,9,11,13H2,(H,29,35). The van der Waals surface area contributed by atoms with Crippen LogP contribution >= 0.6 is 0 Å². The topological polar surface area (TPSA) is 131 Å². The van der Waals surface area contributed by atoms with E-state index in [9.17, 15) is 9.59 Å². The molecule has 1 amide bonds. The molecule has 2 atom stereocenters. The molecule has 10 nitrogen and oxygen atoms in total. The molecule has 0 aliphatic carbocycles. The van der Waals surface area contributed by atoms with Gasteiger partial charge in [0.2, 0.25) is 11.8 Å². The maximum Gasteiger partial charge on any atom is 0.277 e. The number of halogens is 1. The van der Waals surface area contributed by atoms with Crippen LogP contribution in [0.25, 0.3) is 22.4 Å². The lowest BCUT2D eigenvalue weighted by Gasteiger charge is -2.27. The predicted molar refractivity (Wildman–Crippen MR) is 133 cm³/mol. The van der Waals surface area contributed by atoms with E-state index in [4.69, 9.17) is 4.42 Å². The van der Waals surface area contributed by atoms with Crippen LogP contribution in [0.15, 0.2) is 76.6 Å². The number of hydrogen-bond donors (Lipinski definition) is 3. The van der Waals surface area contributed by atoms with Gasteiger partial charge in [-0.3, -0.25) is 19.1 Å². The Labute approximate surface area is 209 Å². The van der Waals surface area contributed by atoms with Gasteiger partial charge >= 0.3 is 0 Å². The Morgan fingerprint density at radius 3 is 2.89 bits per heavy atom. The van der Waals surface area contributed by atoms with Crippen LogP contribution in [0.3, 0.4) is 0 Å². The summed E-state index contributed by atoms with van der Waals surface area (Å²) in [5.74, 6) is 0.277. The quantitative estimate of drug-likeness (QED) is 0.327. The van der Waals surface area contributed by atoms with Crippen molar-refractivity contribution in [3.8, 4) is 11.5 Å². The highest BCUT2D eigenvalue weighted by atomic mass is 19.1. The van der Waals surface area contributed by atoms with Gasteiger partial charge in [-0.15, -0.1) is 0 Å². The number of aromatic nitrogens is 5. The number of benzene rings is 1. The highest BCUT2D eigenvalue weighted by molar-refractivity contribution is 5.80. The summed E-state index contributed by atoms with van der Waals surface area (Å²) < 4.78 is 22.0. The van der Waals surface area contributed by atoms with Gasteiger partial charge < -0.3 is 20.0 Å². The van der Waals surface area contributed by atoms with Gasteiger partial charge in [0.15, 0.2) is 0 Å². The van der Waals surface area contributed by atoms with Crippen molar-refractivity contribution in [2.75, 3.05) is 5.32 Å². The van der Waals surface area contributed by atoms with Crippen molar-refractivity contribution in [1.82, 2.24) is 29.8 Å². The van der Waals surface area contributed by atoms with E-state index in [0.29, 0.717) is 11.6 Å². The number of hydrogen-bond acceptors (Lipinski definition) is 7. The van der Waals surface area contributed by atoms with Crippen LogP contribution in [-0.4, -0.2) is 36.6 Å². The maximum absolute atomic E-state index is 15.0. The first-order chi connectivity index (χ1) is 18.0. The molecule has 5 aromatic rings. The number of rotatable bonds is 6. The summed E-state index contributed by atoms with van der Waals surface area (Å²) in [5, 5.41) is 6.67. The number of anilines is 1. The molecule has 0 spiro atoms. The van der Waals surface area contributed by atoms with Gasteiger partial charge in [0.05, 0.1) is 24.8 Å². The minimum absolute atomic E-state index is 0.0636. The smallest absolute Gasteiger partial charge is 0.277 e. The third-order valence-electron chi connectivity index (χ3n) is 6.28. The second-order valence-electron chi connectivity index (χ2n) is 8.81. The second kappa shape index (κ2) is 9.34. The molecule has 37 heavy (non-hydrogen) atoms. The number of aromatic amines is 1. The Morgan fingerprint density at radius 2 is 2.05 bits per heavy atom. The number of nitrogens with zero attached hydrogens (tertiary/aromatic N) is 4. The molecule has 0 saturated heterocycles. The van der Waals surface area contributed by atoms with Crippen LogP contribution in [0.1, 0.15) is 23.2 Å². The minimum Gasteiger partial charge on any atom is -0.439 e. The van der Waals surface area contributed by atoms with E-state index >= 15 is 4.39 Å². The third-order valence-corrected chi connectivity index (χ3v) is 6.28. The molecule has 2 unspecified atom stereocenters. The van der Waals surface area contributed by atoms with Crippen molar-refractivity contribution in [2.24, 2.45) is 0 Å². The highest BCUT2D eigenvalue weighted by Crippen LogP contribution is 2.33. The monoisotopic (exact) mass is 499 g/mol. The van der Waals surface area contributed by atoms with Crippen molar-refractivity contribution in [3.63, 3.8) is 0 Å². The molecule has 5 heterocycles. The van der Waals surface area contributed by atoms with E-state index < -0.39 is 17.8 Å². The van der Waals surface area contributed by atoms with Gasteiger partial charge in [0.25, 0.3) is 5.56 Å². The molecule has 4 aromatic heterocycles. The third kappa shape index (κ3) is 4.46. The number of alkyl halides is 1. The molecule has 0 fully saturated rings. The van der Waals surface area contributed by atoms with Gasteiger partial charge in [0.1, 0.15) is 30.2 Å². The molecule has 0 saturated carbocycles. The number of oxazole rings is 1. The molecule has 3 N–H and O–H groups in total. The number of amides is 1. The molecule has 6 rings (SSSR count). The molecule has 1 aliphatic rings. The Morgan fingerprint density at radius 1 is 1.19 bits per heavy atom. The summed E-state index contributed by atoms with van der Waals surface area (Å²) in [6, 6.07) is 12.1. The van der Waals surface area contributed by atoms with E-state index in [-0.39, 0.29) is 36.9 Å². The van der Waals surface area contributed by atoms with Crippen LogP contribution in [-0.2, 0) is 24.3 Å². The zero-order valence-corrected chi connectivity index (χ0v) is 19.5. The second-order valence-corrected chi connectivity index (χ2v) is 8.81. The lowest BCUT2D eigenvalue weighted by molar-refractivity contribution is -0.121. The zero-order valence-electron chi connectivity index (χ0n) is 19.5. The largest absolute Gasteiger partial charge is 0.439 e. The van der Waals surface area contributed by atoms with Crippen molar-refractivity contribution in [3.05, 3.63) is 94.9 Å². The Bertz CT molecular complexity index is 1610. The number of H-pyrrole nitrogens is 1. The van der Waals surface area contributed by atoms with Gasteiger partial charge in [-0.25, -0.2) is 14.4 Å². The summed E-state index contributed by atoms with van der Waals surface area (Å²) in [4.78, 5) is 41.5. The number of carbonyl (C=O) groups excluding carboxylic acids is 1. The van der Waals surface area contributed by atoms with Gasteiger partial charge in [-0.05, 0) is 24.3 Å². The molecular weight excluding hydrogens is 477 g/mol. The Hall–Kier alpha value is -4.80. The van der Waals surface area contributed by atoms with Crippen molar-refractivity contribution < 1.29 is 13.6 Å². The maximum atomic E-state index is 15.0. The van der Waals surface area contributed by atoms with E-state index in [1.165, 1.54) is 17.1 Å². The average molecular weight is 500 g/mol. The van der Waals surface area contributed by atoms with E-state index in [1.807, 2.05) is 42.5 Å². The fraction of sp³-hybridized carbons (Fsp3) is 0.192. The highest BCUT2D eigenvalue weighted by Gasteiger charge is 2.34. The van der Waals surface area contributed by atoms with Crippen LogP contribution in [0.5, 0.6) is 0 Å². The van der Waals surface area contributed by atoms with Gasteiger partial charge in [-0.2, -0.15) is 0 Å². The van der Waals surface area contributed by atoms with Crippen molar-refractivity contribution in [2.45, 2.75) is 31.7 Å². The molecule has 1 aliphatic heterocycles. The van der Waals surface area contributed by atoms with Crippen LogP contribution < -0.4 is 16.2 Å². The van der Waals surface area contributed by atoms with Gasteiger partial charge in [-0.1, -0.05) is 18.2 Å². The molecule has 11 heteroatoms. The lowest BCUT2D eigenvalue weighted by atomic mass is 9.99. The number of nitrogens with one attached hydrogen (secondary N) is 3. The average Bonchev–Trinajstić information content (AvgIpc) is 3.57. The van der Waals surface area contributed by atoms with Crippen molar-refractivity contribution >= 4 is 22.5 Å². The summed E-state index contributed by atoms with van der Waals surface area (Å²) in [6.07, 6.45) is 4.71. The fourth-order valence-corrected chi connectivity index (χ4v) is 4.41. The molecular formula is C26H22FN7O3.